The van der Waals surface area contributed by atoms with Gasteiger partial charge in [0.2, 0.25) is 0 Å². The number of aryl methyl sites for hydroxylation is 1. The van der Waals surface area contributed by atoms with Crippen LogP contribution in [0.25, 0.3) is 11.0 Å². The quantitative estimate of drug-likeness (QED) is 0.330. The van der Waals surface area contributed by atoms with Crippen LogP contribution < -0.4 is 10.4 Å². The summed E-state index contributed by atoms with van der Waals surface area (Å²) in [6.07, 6.45) is 2.03. The highest BCUT2D eigenvalue weighted by atomic mass is 35.5. The Balaban J connectivity index is 0.00000341. The highest BCUT2D eigenvalue weighted by molar-refractivity contribution is 6.33. The molecular weight excluding hydrogens is 445 g/mol. The number of fused-ring (bicyclic) bond motifs is 1. The molecule has 1 aliphatic rings. The van der Waals surface area contributed by atoms with Gasteiger partial charge in [-0.05, 0) is 31.9 Å². The fraction of sp³-hybridized carbons (Fsp3) is 0.455. The Labute approximate surface area is 192 Å². The zero-order valence-corrected chi connectivity index (χ0v) is 19.3. The fourth-order valence-electron chi connectivity index (χ4n) is 3.52. The van der Waals surface area contributed by atoms with Gasteiger partial charge in [-0.1, -0.05) is 17.7 Å². The van der Waals surface area contributed by atoms with Gasteiger partial charge in [-0.3, -0.25) is 4.90 Å². The van der Waals surface area contributed by atoms with Crippen molar-refractivity contribution in [1.82, 2.24) is 4.90 Å². The second-order valence-corrected chi connectivity index (χ2v) is 7.42. The number of carbonyl (C=O) groups excluding carboxylic acids is 1. The average Bonchev–Trinajstić information content (AvgIpc) is 2.73. The molecule has 0 spiro atoms. The van der Waals surface area contributed by atoms with E-state index in [0.717, 1.165) is 24.0 Å². The van der Waals surface area contributed by atoms with Crippen molar-refractivity contribution in [1.29, 1.82) is 0 Å². The SMILES string of the molecule is C=CCc1c(OCC(=O)OCC)c(Cl)cc2c(C)c(CN3CCOCC3)c(=O)oc12.Cl. The average molecular weight is 472 g/mol. The summed E-state index contributed by atoms with van der Waals surface area (Å²) in [6.45, 7) is 10.7. The predicted molar refractivity (Wildman–Crippen MR) is 122 cm³/mol. The highest BCUT2D eigenvalue weighted by Gasteiger charge is 2.22. The molecule has 31 heavy (non-hydrogen) atoms. The van der Waals surface area contributed by atoms with Crippen LogP contribution in [0.4, 0.5) is 0 Å². The first-order chi connectivity index (χ1) is 14.5. The van der Waals surface area contributed by atoms with Gasteiger partial charge in [0.1, 0.15) is 11.3 Å². The summed E-state index contributed by atoms with van der Waals surface area (Å²) < 4.78 is 21.6. The van der Waals surface area contributed by atoms with E-state index in [1.165, 1.54) is 0 Å². The zero-order chi connectivity index (χ0) is 21.7. The summed E-state index contributed by atoms with van der Waals surface area (Å²) in [6, 6.07) is 1.71. The van der Waals surface area contributed by atoms with Crippen LogP contribution in [0, 0.1) is 6.92 Å². The minimum atomic E-state index is -0.503. The lowest BCUT2D eigenvalue weighted by Crippen LogP contribution is -2.37. The normalized spacial score (nSPS) is 14.2. The number of allylic oxidation sites excluding steroid dienone is 1. The third-order valence-electron chi connectivity index (χ3n) is 5.05. The Hall–Kier alpha value is -2.06. The molecule has 0 unspecified atom stereocenters. The molecule has 170 valence electrons. The van der Waals surface area contributed by atoms with Gasteiger partial charge >= 0.3 is 11.6 Å². The third-order valence-corrected chi connectivity index (χ3v) is 5.33. The van der Waals surface area contributed by atoms with Gasteiger partial charge in [0, 0.05) is 30.6 Å². The van der Waals surface area contributed by atoms with Gasteiger partial charge in [-0.2, -0.15) is 0 Å². The lowest BCUT2D eigenvalue weighted by molar-refractivity contribution is -0.145. The first-order valence-electron chi connectivity index (χ1n) is 9.93. The third kappa shape index (κ3) is 5.80. The Bertz CT molecular complexity index is 998. The monoisotopic (exact) mass is 471 g/mol. The number of ether oxygens (including phenoxy) is 3. The molecule has 0 N–H and O–H groups in total. The molecule has 2 heterocycles. The number of halogens is 2. The van der Waals surface area contributed by atoms with Crippen molar-refractivity contribution in [3.05, 3.63) is 50.9 Å². The maximum absolute atomic E-state index is 12.8. The molecular formula is C22H27Cl2NO6. The molecule has 0 radical (unpaired) electrons. The van der Waals surface area contributed by atoms with Crippen molar-refractivity contribution in [2.75, 3.05) is 39.5 Å². The molecule has 2 aromatic rings. The van der Waals surface area contributed by atoms with Gasteiger partial charge in [0.05, 0.1) is 30.4 Å². The number of hydrogen-bond acceptors (Lipinski definition) is 7. The van der Waals surface area contributed by atoms with Crippen molar-refractivity contribution in [3.63, 3.8) is 0 Å². The van der Waals surface area contributed by atoms with E-state index < -0.39 is 11.6 Å². The lowest BCUT2D eigenvalue weighted by atomic mass is 10.0. The number of hydrogen-bond donors (Lipinski definition) is 0. The molecule has 1 aromatic carbocycles. The smallest absolute Gasteiger partial charge is 0.344 e. The van der Waals surface area contributed by atoms with Crippen LogP contribution in [0.2, 0.25) is 5.02 Å². The maximum Gasteiger partial charge on any atom is 0.344 e. The predicted octanol–water partition coefficient (Wildman–Crippen LogP) is 3.68. The molecule has 3 rings (SSSR count). The number of nitrogens with zero attached hydrogens (tertiary/aromatic N) is 1. The van der Waals surface area contributed by atoms with Crippen LogP contribution in [0.15, 0.2) is 27.9 Å². The Kier molecular flexibility index (Phi) is 9.37. The van der Waals surface area contributed by atoms with Crippen LogP contribution in [0.5, 0.6) is 5.75 Å². The van der Waals surface area contributed by atoms with E-state index in [-0.39, 0.29) is 25.6 Å². The van der Waals surface area contributed by atoms with Crippen molar-refractivity contribution in [3.8, 4) is 5.75 Å². The van der Waals surface area contributed by atoms with Gasteiger partial charge in [0.25, 0.3) is 0 Å². The standard InChI is InChI=1S/C22H26ClNO6.ClH/c1-4-6-15-20-16(11-18(23)21(15)29-13-19(25)28-5-2)14(3)17(22(26)30-20)12-24-7-9-27-10-8-24;/h4,11H,1,5-10,12-13H2,2-3H3;1H. The molecule has 0 bridgehead atoms. The van der Waals surface area contributed by atoms with E-state index in [9.17, 15) is 9.59 Å². The topological polar surface area (TPSA) is 78.2 Å². The van der Waals surface area contributed by atoms with Gasteiger partial charge in [-0.25, -0.2) is 9.59 Å². The van der Waals surface area contributed by atoms with Crippen molar-refractivity contribution in [2.45, 2.75) is 26.8 Å². The molecule has 0 atom stereocenters. The molecule has 1 fully saturated rings. The minimum absolute atomic E-state index is 0. The number of esters is 1. The Morgan fingerprint density at radius 1 is 1.32 bits per heavy atom. The Morgan fingerprint density at radius 3 is 2.68 bits per heavy atom. The molecule has 1 saturated heterocycles. The van der Waals surface area contributed by atoms with Crippen LogP contribution in [0.3, 0.4) is 0 Å². The lowest BCUT2D eigenvalue weighted by Gasteiger charge is -2.26. The first-order valence-corrected chi connectivity index (χ1v) is 10.3. The van der Waals surface area contributed by atoms with Crippen molar-refractivity contribution < 1.29 is 23.4 Å². The maximum atomic E-state index is 12.8. The first kappa shape index (κ1) is 25.2. The van der Waals surface area contributed by atoms with E-state index in [0.29, 0.717) is 53.7 Å². The van der Waals surface area contributed by atoms with E-state index in [2.05, 4.69) is 11.5 Å². The van der Waals surface area contributed by atoms with Gasteiger partial charge in [0.15, 0.2) is 6.61 Å². The second-order valence-electron chi connectivity index (χ2n) is 7.01. The summed E-state index contributed by atoms with van der Waals surface area (Å²) >= 11 is 6.50. The van der Waals surface area contributed by atoms with Crippen LogP contribution in [-0.4, -0.2) is 50.4 Å². The highest BCUT2D eigenvalue weighted by Crippen LogP contribution is 2.37. The van der Waals surface area contributed by atoms with E-state index in [1.807, 2.05) is 6.92 Å². The molecule has 1 aromatic heterocycles. The summed E-state index contributed by atoms with van der Waals surface area (Å²) in [7, 11) is 0. The summed E-state index contributed by atoms with van der Waals surface area (Å²) in [5, 5.41) is 1.07. The zero-order valence-electron chi connectivity index (χ0n) is 17.7. The molecule has 1 aliphatic heterocycles. The summed E-state index contributed by atoms with van der Waals surface area (Å²) in [5.41, 5.74) is 2.00. The Morgan fingerprint density at radius 2 is 2.03 bits per heavy atom. The number of benzene rings is 1. The molecule has 0 saturated carbocycles. The van der Waals surface area contributed by atoms with Crippen LogP contribution in [0.1, 0.15) is 23.6 Å². The number of carbonyl (C=O) groups is 1. The minimum Gasteiger partial charge on any atom is -0.480 e. The second kappa shape index (κ2) is 11.5. The molecule has 7 nitrogen and oxygen atoms in total. The number of morpholine rings is 1. The summed E-state index contributed by atoms with van der Waals surface area (Å²) in [5.74, 6) is -0.211. The van der Waals surface area contributed by atoms with Crippen LogP contribution in [-0.2, 0) is 27.2 Å². The van der Waals surface area contributed by atoms with Gasteiger partial charge in [-0.15, -0.1) is 19.0 Å². The van der Waals surface area contributed by atoms with Crippen molar-refractivity contribution >= 4 is 40.9 Å². The van der Waals surface area contributed by atoms with E-state index >= 15 is 0 Å². The molecule has 0 aliphatic carbocycles. The largest absolute Gasteiger partial charge is 0.480 e. The summed E-state index contributed by atoms with van der Waals surface area (Å²) in [4.78, 5) is 26.7. The van der Waals surface area contributed by atoms with Crippen LogP contribution >= 0.6 is 24.0 Å². The number of rotatable bonds is 8. The van der Waals surface area contributed by atoms with Crippen molar-refractivity contribution in [2.24, 2.45) is 0 Å². The van der Waals surface area contributed by atoms with Gasteiger partial charge < -0.3 is 18.6 Å². The van der Waals surface area contributed by atoms with E-state index in [1.54, 1.807) is 19.1 Å². The molecule has 9 heteroatoms. The fourth-order valence-corrected chi connectivity index (χ4v) is 3.80. The van der Waals surface area contributed by atoms with E-state index in [4.69, 9.17) is 30.2 Å². The molecule has 0 amide bonds.